The summed E-state index contributed by atoms with van der Waals surface area (Å²) in [5.74, 6) is -0.226. The minimum absolute atomic E-state index is 0.226. The number of halogens is 1. The van der Waals surface area contributed by atoms with Crippen molar-refractivity contribution in [2.24, 2.45) is 5.16 Å². The molecule has 1 fully saturated rings. The summed E-state index contributed by atoms with van der Waals surface area (Å²) in [7, 11) is 0. The summed E-state index contributed by atoms with van der Waals surface area (Å²) in [6, 6.07) is 5.25. The van der Waals surface area contributed by atoms with Crippen LogP contribution in [0.5, 0.6) is 0 Å². The maximum absolute atomic E-state index is 14.5. The van der Waals surface area contributed by atoms with Gasteiger partial charge in [-0.25, -0.2) is 9.07 Å². The van der Waals surface area contributed by atoms with Crippen molar-refractivity contribution >= 4 is 11.4 Å². The van der Waals surface area contributed by atoms with E-state index in [4.69, 9.17) is 4.84 Å². The van der Waals surface area contributed by atoms with Crippen molar-refractivity contribution in [2.75, 3.05) is 31.1 Å². The smallest absolute Gasteiger partial charge is 0.225 e. The Hall–Kier alpha value is -2.48. The SMILES string of the molecule is Fc1cc(C2=NOC(n3ccnn3)C2)ccc1N1CCNCC1. The third kappa shape index (κ3) is 2.77. The number of benzene rings is 1. The van der Waals surface area contributed by atoms with Gasteiger partial charge in [0.25, 0.3) is 0 Å². The molecule has 0 saturated carbocycles. The molecular formula is C15H17FN6O. The molecule has 0 radical (unpaired) electrons. The fourth-order valence-electron chi connectivity index (χ4n) is 2.90. The van der Waals surface area contributed by atoms with Gasteiger partial charge in [0.2, 0.25) is 6.23 Å². The highest BCUT2D eigenvalue weighted by molar-refractivity contribution is 6.01. The molecule has 3 heterocycles. The van der Waals surface area contributed by atoms with Crippen LogP contribution in [-0.4, -0.2) is 46.9 Å². The first kappa shape index (κ1) is 14.1. The van der Waals surface area contributed by atoms with Crippen LogP contribution >= 0.6 is 0 Å². The van der Waals surface area contributed by atoms with Gasteiger partial charge in [-0.3, -0.25) is 0 Å². The van der Waals surface area contributed by atoms with E-state index in [9.17, 15) is 4.39 Å². The number of hydrogen-bond donors (Lipinski definition) is 1. The standard InChI is InChI=1S/C15H17FN6O/c16-12-9-11(1-2-14(12)21-6-3-17-4-7-21)13-10-15(23-19-13)22-8-5-18-20-22/h1-2,5,8-9,15,17H,3-4,6-7,10H2. The van der Waals surface area contributed by atoms with Crippen molar-refractivity contribution in [1.82, 2.24) is 20.3 Å². The quantitative estimate of drug-likeness (QED) is 0.920. The van der Waals surface area contributed by atoms with E-state index in [1.54, 1.807) is 17.1 Å². The highest BCUT2D eigenvalue weighted by Gasteiger charge is 2.25. The van der Waals surface area contributed by atoms with Gasteiger partial charge >= 0.3 is 0 Å². The van der Waals surface area contributed by atoms with Crippen LogP contribution in [0.2, 0.25) is 0 Å². The maximum atomic E-state index is 14.5. The zero-order valence-corrected chi connectivity index (χ0v) is 12.5. The number of nitrogens with zero attached hydrogens (tertiary/aromatic N) is 5. The van der Waals surface area contributed by atoms with Crippen LogP contribution in [0.1, 0.15) is 18.2 Å². The van der Waals surface area contributed by atoms with Crippen LogP contribution in [0.4, 0.5) is 10.1 Å². The van der Waals surface area contributed by atoms with Gasteiger partial charge < -0.3 is 15.1 Å². The number of piperazine rings is 1. The molecule has 1 aromatic carbocycles. The summed E-state index contributed by atoms with van der Waals surface area (Å²) < 4.78 is 16.1. The van der Waals surface area contributed by atoms with Gasteiger partial charge in [-0.15, -0.1) is 5.10 Å². The minimum atomic E-state index is -0.316. The zero-order valence-electron chi connectivity index (χ0n) is 12.5. The molecule has 2 aliphatic rings. The molecule has 23 heavy (non-hydrogen) atoms. The molecule has 4 rings (SSSR count). The normalized spacial score (nSPS) is 21.2. The lowest BCUT2D eigenvalue weighted by Gasteiger charge is -2.29. The monoisotopic (exact) mass is 316 g/mol. The van der Waals surface area contributed by atoms with Crippen molar-refractivity contribution in [3.63, 3.8) is 0 Å². The number of anilines is 1. The van der Waals surface area contributed by atoms with Gasteiger partial charge in [0.1, 0.15) is 5.82 Å². The van der Waals surface area contributed by atoms with Gasteiger partial charge in [-0.05, 0) is 12.1 Å². The molecule has 120 valence electrons. The second kappa shape index (κ2) is 5.96. The Labute approximate surface area is 132 Å². The molecule has 1 N–H and O–H groups in total. The number of rotatable bonds is 3. The average Bonchev–Trinajstić information content (AvgIpc) is 3.27. The molecule has 8 heteroatoms. The van der Waals surface area contributed by atoms with Crippen molar-refractivity contribution < 1.29 is 9.23 Å². The fourth-order valence-corrected chi connectivity index (χ4v) is 2.90. The van der Waals surface area contributed by atoms with Crippen LogP contribution < -0.4 is 10.2 Å². The van der Waals surface area contributed by atoms with Crippen molar-refractivity contribution in [2.45, 2.75) is 12.6 Å². The van der Waals surface area contributed by atoms with Gasteiger partial charge in [-0.1, -0.05) is 16.4 Å². The Bertz CT molecular complexity index is 711. The van der Waals surface area contributed by atoms with E-state index in [0.717, 1.165) is 37.5 Å². The molecule has 2 aliphatic heterocycles. The molecule has 0 aliphatic carbocycles. The Morgan fingerprint density at radius 1 is 1.26 bits per heavy atom. The molecule has 2 aromatic rings. The lowest BCUT2D eigenvalue weighted by Crippen LogP contribution is -2.43. The lowest BCUT2D eigenvalue weighted by molar-refractivity contribution is 0.0217. The Morgan fingerprint density at radius 3 is 2.87 bits per heavy atom. The van der Waals surface area contributed by atoms with Crippen LogP contribution in [-0.2, 0) is 4.84 Å². The van der Waals surface area contributed by atoms with E-state index < -0.39 is 0 Å². The Morgan fingerprint density at radius 2 is 2.13 bits per heavy atom. The molecule has 1 unspecified atom stereocenters. The van der Waals surface area contributed by atoms with E-state index in [2.05, 4.69) is 25.7 Å². The first-order valence-electron chi connectivity index (χ1n) is 7.65. The number of hydrogen-bond acceptors (Lipinski definition) is 6. The predicted octanol–water partition coefficient (Wildman–Crippen LogP) is 1.15. The van der Waals surface area contributed by atoms with E-state index in [0.29, 0.717) is 12.1 Å². The fraction of sp³-hybridized carbons (Fsp3) is 0.400. The third-order valence-corrected chi connectivity index (χ3v) is 4.13. The largest absolute Gasteiger partial charge is 0.368 e. The molecule has 7 nitrogen and oxygen atoms in total. The zero-order chi connectivity index (χ0) is 15.6. The van der Waals surface area contributed by atoms with E-state index in [1.165, 1.54) is 6.07 Å². The predicted molar refractivity (Wildman–Crippen MR) is 82.8 cm³/mol. The summed E-state index contributed by atoms with van der Waals surface area (Å²) in [6.07, 6.45) is 3.53. The third-order valence-electron chi connectivity index (χ3n) is 4.13. The first-order chi connectivity index (χ1) is 11.3. The summed E-state index contributed by atoms with van der Waals surface area (Å²) in [5.41, 5.74) is 2.10. The first-order valence-corrected chi connectivity index (χ1v) is 7.65. The maximum Gasteiger partial charge on any atom is 0.225 e. The van der Waals surface area contributed by atoms with E-state index in [1.807, 2.05) is 12.1 Å². The van der Waals surface area contributed by atoms with Gasteiger partial charge in [-0.2, -0.15) is 0 Å². The molecule has 1 atom stereocenters. The lowest BCUT2D eigenvalue weighted by atomic mass is 10.1. The summed E-state index contributed by atoms with van der Waals surface area (Å²) in [4.78, 5) is 7.41. The molecular weight excluding hydrogens is 299 g/mol. The number of aromatic nitrogens is 3. The van der Waals surface area contributed by atoms with Crippen LogP contribution in [0.3, 0.4) is 0 Å². The van der Waals surface area contributed by atoms with Gasteiger partial charge in [0.15, 0.2) is 0 Å². The Balaban J connectivity index is 1.51. The molecule has 0 spiro atoms. The molecule has 1 saturated heterocycles. The topological polar surface area (TPSA) is 67.6 Å². The molecule has 1 aromatic heterocycles. The van der Waals surface area contributed by atoms with Crippen molar-refractivity contribution in [3.8, 4) is 0 Å². The van der Waals surface area contributed by atoms with Crippen LogP contribution in [0, 0.1) is 5.82 Å². The van der Waals surface area contributed by atoms with E-state index >= 15 is 0 Å². The second-order valence-electron chi connectivity index (χ2n) is 5.59. The summed E-state index contributed by atoms with van der Waals surface area (Å²) in [5, 5.41) is 15.0. The van der Waals surface area contributed by atoms with Crippen LogP contribution in [0.15, 0.2) is 35.7 Å². The minimum Gasteiger partial charge on any atom is -0.368 e. The molecule has 0 bridgehead atoms. The highest BCUT2D eigenvalue weighted by atomic mass is 19.1. The van der Waals surface area contributed by atoms with Crippen LogP contribution in [0.25, 0.3) is 0 Å². The second-order valence-corrected chi connectivity index (χ2v) is 5.59. The highest BCUT2D eigenvalue weighted by Crippen LogP contribution is 2.27. The van der Waals surface area contributed by atoms with E-state index in [-0.39, 0.29) is 12.0 Å². The Kier molecular flexibility index (Phi) is 3.66. The van der Waals surface area contributed by atoms with Crippen molar-refractivity contribution in [3.05, 3.63) is 42.0 Å². The number of nitrogens with one attached hydrogen (secondary N) is 1. The molecule has 0 amide bonds. The van der Waals surface area contributed by atoms with Gasteiger partial charge in [0, 0.05) is 37.9 Å². The number of oxime groups is 1. The average molecular weight is 316 g/mol. The van der Waals surface area contributed by atoms with Gasteiger partial charge in [0.05, 0.1) is 24.0 Å². The summed E-state index contributed by atoms with van der Waals surface area (Å²) >= 11 is 0. The van der Waals surface area contributed by atoms with Crippen molar-refractivity contribution in [1.29, 1.82) is 0 Å². The summed E-state index contributed by atoms with van der Waals surface area (Å²) in [6.45, 7) is 3.38.